The van der Waals surface area contributed by atoms with Crippen molar-refractivity contribution in [3.63, 3.8) is 0 Å². The molecule has 7 heteroatoms. The third-order valence-corrected chi connectivity index (χ3v) is 3.19. The van der Waals surface area contributed by atoms with E-state index in [-0.39, 0.29) is 18.9 Å². The molecular weight excluding hydrogens is 320 g/mol. The van der Waals surface area contributed by atoms with Crippen molar-refractivity contribution in [3.05, 3.63) is 42.4 Å². The van der Waals surface area contributed by atoms with Crippen molar-refractivity contribution in [2.75, 3.05) is 6.54 Å². The van der Waals surface area contributed by atoms with Crippen LogP contribution in [0.2, 0.25) is 0 Å². The minimum atomic E-state index is -0.553. The average molecular weight is 344 g/mol. The summed E-state index contributed by atoms with van der Waals surface area (Å²) in [6, 6.07) is 9.83. The number of carbonyl (C=O) groups excluding carboxylic acids is 2. The van der Waals surface area contributed by atoms with Gasteiger partial charge in [0.05, 0.1) is 18.4 Å². The Morgan fingerprint density at radius 3 is 2.56 bits per heavy atom. The van der Waals surface area contributed by atoms with Gasteiger partial charge in [-0.2, -0.15) is 0 Å². The zero-order valence-electron chi connectivity index (χ0n) is 14.8. The van der Waals surface area contributed by atoms with Gasteiger partial charge in [0.2, 0.25) is 5.91 Å². The lowest BCUT2D eigenvalue weighted by Crippen LogP contribution is -2.35. The van der Waals surface area contributed by atoms with Gasteiger partial charge >= 0.3 is 6.09 Å². The van der Waals surface area contributed by atoms with Crippen LogP contribution in [0.3, 0.4) is 0 Å². The van der Waals surface area contributed by atoms with Crippen LogP contribution in [0.4, 0.5) is 4.79 Å². The van der Waals surface area contributed by atoms with Crippen molar-refractivity contribution in [2.24, 2.45) is 0 Å². The summed E-state index contributed by atoms with van der Waals surface area (Å²) in [7, 11) is 0. The van der Waals surface area contributed by atoms with Crippen molar-refractivity contribution in [3.8, 4) is 11.3 Å². The molecule has 1 aromatic carbocycles. The Hall–Kier alpha value is -2.83. The molecular formula is C18H24N4O3. The third kappa shape index (κ3) is 6.66. The van der Waals surface area contributed by atoms with Gasteiger partial charge in [0, 0.05) is 13.0 Å². The Labute approximate surface area is 147 Å². The first-order valence-corrected chi connectivity index (χ1v) is 8.16. The minimum absolute atomic E-state index is 0.172. The standard InChI is InChI=1S/C18H24N4O3/c1-18(2,3)25-17(24)19-10-9-16(23)21-12-15-20-11-14(22-15)13-7-5-4-6-8-13/h4-8,11H,9-10,12H2,1-3H3,(H,19,24)(H,20,22)(H,21,23). The number of benzene rings is 1. The lowest BCUT2D eigenvalue weighted by Gasteiger charge is -2.19. The highest BCUT2D eigenvalue weighted by atomic mass is 16.6. The highest BCUT2D eigenvalue weighted by Gasteiger charge is 2.15. The van der Waals surface area contributed by atoms with Gasteiger partial charge < -0.3 is 20.4 Å². The number of carbonyl (C=O) groups is 2. The quantitative estimate of drug-likeness (QED) is 0.750. The number of amides is 2. The molecule has 1 heterocycles. The largest absolute Gasteiger partial charge is 0.444 e. The number of nitrogens with zero attached hydrogens (tertiary/aromatic N) is 1. The molecule has 0 unspecified atom stereocenters. The fourth-order valence-corrected chi connectivity index (χ4v) is 2.08. The predicted octanol–water partition coefficient (Wildman–Crippen LogP) is 2.61. The van der Waals surface area contributed by atoms with Crippen LogP contribution in [-0.4, -0.2) is 34.1 Å². The van der Waals surface area contributed by atoms with E-state index in [1.165, 1.54) is 0 Å². The van der Waals surface area contributed by atoms with Crippen LogP contribution in [0.15, 0.2) is 36.5 Å². The first-order valence-electron chi connectivity index (χ1n) is 8.16. The van der Waals surface area contributed by atoms with Gasteiger partial charge in [0.25, 0.3) is 0 Å². The fourth-order valence-electron chi connectivity index (χ4n) is 2.08. The summed E-state index contributed by atoms with van der Waals surface area (Å²) in [6.45, 7) is 5.87. The van der Waals surface area contributed by atoms with E-state index in [2.05, 4.69) is 20.6 Å². The molecule has 1 aromatic heterocycles. The molecule has 2 aromatic rings. The summed E-state index contributed by atoms with van der Waals surface area (Å²) in [4.78, 5) is 30.7. The number of H-pyrrole nitrogens is 1. The Morgan fingerprint density at radius 2 is 1.88 bits per heavy atom. The molecule has 0 spiro atoms. The molecule has 0 aliphatic heterocycles. The normalized spacial score (nSPS) is 11.0. The van der Waals surface area contributed by atoms with Gasteiger partial charge in [-0.15, -0.1) is 0 Å². The summed E-state index contributed by atoms with van der Waals surface area (Å²) >= 11 is 0. The number of aromatic nitrogens is 2. The maximum absolute atomic E-state index is 11.8. The maximum Gasteiger partial charge on any atom is 0.407 e. The van der Waals surface area contributed by atoms with Crippen molar-refractivity contribution in [1.29, 1.82) is 0 Å². The molecule has 0 radical (unpaired) electrons. The van der Waals surface area contributed by atoms with Crippen LogP contribution in [0.5, 0.6) is 0 Å². The lowest BCUT2D eigenvalue weighted by molar-refractivity contribution is -0.121. The zero-order chi connectivity index (χ0) is 18.3. The zero-order valence-corrected chi connectivity index (χ0v) is 14.8. The number of aromatic amines is 1. The van der Waals surface area contributed by atoms with Crippen LogP contribution >= 0.6 is 0 Å². The fraction of sp³-hybridized carbons (Fsp3) is 0.389. The highest BCUT2D eigenvalue weighted by molar-refractivity contribution is 5.77. The predicted molar refractivity (Wildman–Crippen MR) is 94.7 cm³/mol. The Morgan fingerprint density at radius 1 is 1.16 bits per heavy atom. The van der Waals surface area contributed by atoms with Crippen LogP contribution in [0.1, 0.15) is 33.0 Å². The Balaban J connectivity index is 1.70. The number of nitrogens with one attached hydrogen (secondary N) is 3. The molecule has 0 bridgehead atoms. The van der Waals surface area contributed by atoms with Gasteiger partial charge in [-0.25, -0.2) is 9.78 Å². The number of hydrogen-bond donors (Lipinski definition) is 3. The van der Waals surface area contributed by atoms with Gasteiger partial charge in [-0.05, 0) is 26.3 Å². The number of ether oxygens (including phenoxy) is 1. The van der Waals surface area contributed by atoms with E-state index < -0.39 is 11.7 Å². The van der Waals surface area contributed by atoms with Crippen molar-refractivity contribution < 1.29 is 14.3 Å². The van der Waals surface area contributed by atoms with Crippen molar-refractivity contribution >= 4 is 12.0 Å². The van der Waals surface area contributed by atoms with E-state index in [0.717, 1.165) is 11.3 Å². The topological polar surface area (TPSA) is 96.1 Å². The van der Waals surface area contributed by atoms with Gasteiger partial charge in [0.15, 0.2) is 0 Å². The first kappa shape index (κ1) is 18.5. The van der Waals surface area contributed by atoms with E-state index >= 15 is 0 Å². The second-order valence-corrected chi connectivity index (χ2v) is 6.56. The smallest absolute Gasteiger partial charge is 0.407 e. The molecule has 0 aliphatic carbocycles. The van der Waals surface area contributed by atoms with E-state index in [9.17, 15) is 9.59 Å². The van der Waals surface area contributed by atoms with Gasteiger partial charge in [-0.3, -0.25) is 4.79 Å². The molecule has 3 N–H and O–H groups in total. The third-order valence-electron chi connectivity index (χ3n) is 3.19. The van der Waals surface area contributed by atoms with Crippen molar-refractivity contribution in [1.82, 2.24) is 20.6 Å². The second-order valence-electron chi connectivity index (χ2n) is 6.56. The number of hydrogen-bond acceptors (Lipinski definition) is 4. The van der Waals surface area contributed by atoms with E-state index in [0.29, 0.717) is 12.4 Å². The lowest BCUT2D eigenvalue weighted by atomic mass is 10.2. The van der Waals surface area contributed by atoms with Crippen molar-refractivity contribution in [2.45, 2.75) is 39.3 Å². The van der Waals surface area contributed by atoms with E-state index in [1.54, 1.807) is 27.0 Å². The van der Waals surface area contributed by atoms with E-state index in [4.69, 9.17) is 4.74 Å². The van der Waals surface area contributed by atoms with Gasteiger partial charge in [0.1, 0.15) is 11.4 Å². The van der Waals surface area contributed by atoms with Gasteiger partial charge in [-0.1, -0.05) is 30.3 Å². The molecule has 134 valence electrons. The Bertz CT molecular complexity index is 705. The summed E-state index contributed by atoms with van der Waals surface area (Å²) in [5.74, 6) is 0.501. The van der Waals surface area contributed by atoms with Crippen LogP contribution in [0, 0.1) is 0 Å². The average Bonchev–Trinajstić information content (AvgIpc) is 3.01. The summed E-state index contributed by atoms with van der Waals surface area (Å²) in [5.41, 5.74) is 1.38. The first-order chi connectivity index (χ1) is 11.8. The van der Waals surface area contributed by atoms with Crippen LogP contribution < -0.4 is 10.6 Å². The molecule has 0 fully saturated rings. The molecule has 7 nitrogen and oxygen atoms in total. The number of imidazole rings is 1. The molecule has 0 aliphatic rings. The highest BCUT2D eigenvalue weighted by Crippen LogP contribution is 2.15. The van der Waals surface area contributed by atoms with Crippen LogP contribution in [0.25, 0.3) is 11.3 Å². The minimum Gasteiger partial charge on any atom is -0.444 e. The Kier molecular flexibility index (Phi) is 6.16. The summed E-state index contributed by atoms with van der Waals surface area (Å²) in [6.07, 6.45) is 1.38. The molecule has 2 rings (SSSR count). The molecule has 2 amide bonds. The van der Waals surface area contributed by atoms with E-state index in [1.807, 2.05) is 30.3 Å². The SMILES string of the molecule is CC(C)(C)OC(=O)NCCC(=O)NCc1ncc(-c2ccccc2)[nH]1. The maximum atomic E-state index is 11.8. The second kappa shape index (κ2) is 8.32. The number of alkyl carbamates (subject to hydrolysis) is 1. The summed E-state index contributed by atoms with van der Waals surface area (Å²) in [5, 5.41) is 5.31. The van der Waals surface area contributed by atoms with Crippen LogP contribution in [-0.2, 0) is 16.1 Å². The molecule has 0 saturated carbocycles. The monoisotopic (exact) mass is 344 g/mol. The number of rotatable bonds is 6. The molecule has 0 saturated heterocycles. The molecule has 0 atom stereocenters. The molecule has 25 heavy (non-hydrogen) atoms. The summed E-state index contributed by atoms with van der Waals surface area (Å²) < 4.78 is 5.10.